The van der Waals surface area contributed by atoms with Crippen molar-refractivity contribution in [2.45, 2.75) is 136 Å². The molecule has 0 spiro atoms. The number of hydrogen-bond donors (Lipinski definition) is 0. The average Bonchev–Trinajstić information content (AvgIpc) is 2.60. The molecule has 0 bridgehead atoms. The number of allylic oxidation sites excluding steroid dienone is 2. The van der Waals surface area contributed by atoms with Crippen molar-refractivity contribution in [1.82, 2.24) is 0 Å². The second-order valence-electron chi connectivity index (χ2n) is 7.98. The predicted octanol–water partition coefficient (Wildman–Crippen LogP) is 7.25. The summed E-state index contributed by atoms with van der Waals surface area (Å²) < 4.78 is 0. The highest BCUT2D eigenvalue weighted by molar-refractivity contribution is 5.87. The van der Waals surface area contributed by atoms with Crippen molar-refractivity contribution in [3.8, 4) is 0 Å². The molecular formula is C24H45O2-. The summed E-state index contributed by atoms with van der Waals surface area (Å²) in [6, 6.07) is 0. The topological polar surface area (TPSA) is 40.1 Å². The Hall–Kier alpha value is -0.790. The van der Waals surface area contributed by atoms with Gasteiger partial charge in [0.15, 0.2) is 5.78 Å². The second-order valence-corrected chi connectivity index (χ2v) is 7.98. The fourth-order valence-corrected chi connectivity index (χ4v) is 3.50. The zero-order valence-electron chi connectivity index (χ0n) is 17.8. The average molecular weight is 366 g/mol. The number of carbonyl (C=O) groups excluding carboxylic acids is 1. The van der Waals surface area contributed by atoms with E-state index in [-0.39, 0.29) is 11.5 Å². The Kier molecular flexibility index (Phi) is 19.9. The molecule has 2 heteroatoms. The van der Waals surface area contributed by atoms with Crippen LogP contribution >= 0.6 is 0 Å². The van der Waals surface area contributed by atoms with Crippen molar-refractivity contribution >= 4 is 5.78 Å². The Balaban J connectivity index is 3.10. The second kappa shape index (κ2) is 20.5. The minimum Gasteiger partial charge on any atom is -0.875 e. The molecule has 0 fully saturated rings. The molecule has 0 aliphatic heterocycles. The molecular weight excluding hydrogens is 320 g/mol. The van der Waals surface area contributed by atoms with Gasteiger partial charge >= 0.3 is 0 Å². The van der Waals surface area contributed by atoms with E-state index < -0.39 is 0 Å². The van der Waals surface area contributed by atoms with Gasteiger partial charge in [0.2, 0.25) is 0 Å². The Morgan fingerprint density at radius 3 is 1.23 bits per heavy atom. The molecule has 0 amide bonds. The lowest BCUT2D eigenvalue weighted by molar-refractivity contribution is -0.306. The molecule has 0 aliphatic carbocycles. The van der Waals surface area contributed by atoms with Gasteiger partial charge in [0.05, 0.1) is 0 Å². The van der Waals surface area contributed by atoms with E-state index in [4.69, 9.17) is 0 Å². The normalized spacial score (nSPS) is 11.8. The van der Waals surface area contributed by atoms with Gasteiger partial charge in [0.25, 0.3) is 0 Å². The van der Waals surface area contributed by atoms with E-state index in [1.54, 1.807) is 0 Å². The van der Waals surface area contributed by atoms with Gasteiger partial charge in [-0.15, -0.1) is 5.76 Å². The highest BCUT2D eigenvalue weighted by Gasteiger charge is 1.95. The quantitative estimate of drug-likeness (QED) is 0.129. The fourth-order valence-electron chi connectivity index (χ4n) is 3.50. The summed E-state index contributed by atoms with van der Waals surface area (Å²) >= 11 is 0. The lowest BCUT2D eigenvalue weighted by Gasteiger charge is -2.10. The van der Waals surface area contributed by atoms with Crippen LogP contribution in [0.5, 0.6) is 0 Å². The molecule has 154 valence electrons. The molecule has 0 atom stereocenters. The van der Waals surface area contributed by atoms with Crippen LogP contribution in [0.1, 0.15) is 136 Å². The highest BCUT2D eigenvalue weighted by Crippen LogP contribution is 2.14. The van der Waals surface area contributed by atoms with Crippen LogP contribution in [0, 0.1) is 0 Å². The molecule has 0 saturated heterocycles. The van der Waals surface area contributed by atoms with Crippen molar-refractivity contribution in [3.63, 3.8) is 0 Å². The maximum absolute atomic E-state index is 11.3. The van der Waals surface area contributed by atoms with E-state index in [9.17, 15) is 9.90 Å². The van der Waals surface area contributed by atoms with Gasteiger partial charge in [-0.2, -0.15) is 0 Å². The lowest BCUT2D eigenvalue weighted by Crippen LogP contribution is -2.05. The van der Waals surface area contributed by atoms with Crippen LogP contribution in [0.25, 0.3) is 0 Å². The Morgan fingerprint density at radius 2 is 0.923 bits per heavy atom. The standard InChI is InChI=1S/C24H46O2/c1-3-4-5-6-7-8-9-10-11-12-13-14-15-16-17-18-19-20-21-24(26)22-23(2)25/h22,26H,3-21H2,1-2H3/p-1. The first-order chi connectivity index (χ1) is 12.7. The molecule has 26 heavy (non-hydrogen) atoms. The molecule has 0 aromatic heterocycles. The summed E-state index contributed by atoms with van der Waals surface area (Å²) in [5.74, 6) is -0.133. The number of hydrogen-bond acceptors (Lipinski definition) is 2. The third-order valence-electron chi connectivity index (χ3n) is 5.14. The van der Waals surface area contributed by atoms with E-state index in [1.165, 1.54) is 116 Å². The smallest absolute Gasteiger partial charge is 0.151 e. The van der Waals surface area contributed by atoms with Crippen LogP contribution in [0.4, 0.5) is 0 Å². The van der Waals surface area contributed by atoms with Gasteiger partial charge in [-0.3, -0.25) is 4.79 Å². The molecule has 0 heterocycles. The maximum atomic E-state index is 11.3. The molecule has 0 N–H and O–H groups in total. The SMILES string of the molecule is CCCCCCCCCCCCCCCCCCCCC([O-])=CC(C)=O. The lowest BCUT2D eigenvalue weighted by atomic mass is 10.0. The van der Waals surface area contributed by atoms with Crippen molar-refractivity contribution in [2.75, 3.05) is 0 Å². The van der Waals surface area contributed by atoms with Gasteiger partial charge in [-0.1, -0.05) is 122 Å². The first-order valence-electron chi connectivity index (χ1n) is 11.5. The third-order valence-corrected chi connectivity index (χ3v) is 5.14. The molecule has 2 nitrogen and oxygen atoms in total. The van der Waals surface area contributed by atoms with E-state index in [0.717, 1.165) is 12.8 Å². The van der Waals surface area contributed by atoms with Crippen LogP contribution in [0.3, 0.4) is 0 Å². The highest BCUT2D eigenvalue weighted by atomic mass is 16.3. The number of unbranched alkanes of at least 4 members (excludes halogenated alkanes) is 17. The zero-order valence-corrected chi connectivity index (χ0v) is 17.8. The first kappa shape index (κ1) is 25.2. The largest absolute Gasteiger partial charge is 0.875 e. The monoisotopic (exact) mass is 365 g/mol. The van der Waals surface area contributed by atoms with E-state index in [0.29, 0.717) is 6.42 Å². The van der Waals surface area contributed by atoms with Crippen LogP contribution in [0.15, 0.2) is 11.8 Å². The van der Waals surface area contributed by atoms with Crippen molar-refractivity contribution in [2.24, 2.45) is 0 Å². The minimum absolute atomic E-state index is 0.00556. The zero-order chi connectivity index (χ0) is 19.3. The summed E-state index contributed by atoms with van der Waals surface area (Å²) in [6.45, 7) is 3.72. The summed E-state index contributed by atoms with van der Waals surface area (Å²) in [5.41, 5.74) is 0. The van der Waals surface area contributed by atoms with Gasteiger partial charge in [0, 0.05) is 0 Å². The molecule has 0 rings (SSSR count). The summed E-state index contributed by atoms with van der Waals surface area (Å²) in [5, 5.41) is 11.3. The fraction of sp³-hybridized carbons (Fsp3) is 0.875. The predicted molar refractivity (Wildman–Crippen MR) is 112 cm³/mol. The molecule has 0 radical (unpaired) electrons. The number of ketones is 1. The summed E-state index contributed by atoms with van der Waals surface area (Å²) in [6.07, 6.45) is 26.1. The summed E-state index contributed by atoms with van der Waals surface area (Å²) in [4.78, 5) is 10.8. The van der Waals surface area contributed by atoms with Crippen molar-refractivity contribution < 1.29 is 9.90 Å². The van der Waals surface area contributed by atoms with Crippen LogP contribution in [-0.4, -0.2) is 5.78 Å². The number of rotatable bonds is 20. The van der Waals surface area contributed by atoms with E-state index in [2.05, 4.69) is 6.92 Å². The van der Waals surface area contributed by atoms with Crippen LogP contribution < -0.4 is 5.11 Å². The Morgan fingerprint density at radius 1 is 0.615 bits per heavy atom. The molecule has 0 aliphatic rings. The van der Waals surface area contributed by atoms with Gasteiger partial charge in [0.1, 0.15) is 0 Å². The van der Waals surface area contributed by atoms with Crippen molar-refractivity contribution in [3.05, 3.63) is 11.8 Å². The van der Waals surface area contributed by atoms with Crippen molar-refractivity contribution in [1.29, 1.82) is 0 Å². The third kappa shape index (κ3) is 21.3. The van der Waals surface area contributed by atoms with Gasteiger partial charge in [-0.25, -0.2) is 0 Å². The summed E-state index contributed by atoms with van der Waals surface area (Å²) in [7, 11) is 0. The van der Waals surface area contributed by atoms with Gasteiger partial charge < -0.3 is 5.11 Å². The van der Waals surface area contributed by atoms with Gasteiger partial charge in [-0.05, 0) is 19.4 Å². The van der Waals surface area contributed by atoms with E-state index >= 15 is 0 Å². The first-order valence-corrected chi connectivity index (χ1v) is 11.5. The molecule has 0 unspecified atom stereocenters. The Labute approximate surface area is 163 Å². The molecule has 0 saturated carbocycles. The van der Waals surface area contributed by atoms with Crippen LogP contribution in [-0.2, 0) is 4.79 Å². The minimum atomic E-state index is -0.127. The molecule has 0 aromatic carbocycles. The Bertz CT molecular complexity index is 333. The number of carbonyl (C=O) groups is 1. The maximum Gasteiger partial charge on any atom is 0.151 e. The molecule has 0 aromatic rings. The van der Waals surface area contributed by atoms with Crippen LogP contribution in [0.2, 0.25) is 0 Å². The van der Waals surface area contributed by atoms with E-state index in [1.807, 2.05) is 0 Å².